The Kier molecular flexibility index (Phi) is 5.74. The van der Waals surface area contributed by atoms with Gasteiger partial charge in [-0.1, -0.05) is 41.9 Å². The van der Waals surface area contributed by atoms with Crippen LogP contribution in [0.3, 0.4) is 0 Å². The minimum Gasteiger partial charge on any atom is -0.486 e. The fourth-order valence-electron chi connectivity index (χ4n) is 3.61. The predicted octanol–water partition coefficient (Wildman–Crippen LogP) is 3.46. The standard InChI is InChI=1S/C19H21ClN2O2.ClH/c20-16-8-13(9-18-19(16)24-7-6-23-18)10-22-11-15(17(21)12-22)14-4-2-1-3-5-14;/h1-5,8-9,15,17H,6-7,10-12,21H2;1H/t15-,17+;/m0./s1. The molecule has 0 saturated carbocycles. The molecule has 4 nitrogen and oxygen atoms in total. The van der Waals surface area contributed by atoms with Crippen molar-refractivity contribution in [2.24, 2.45) is 5.73 Å². The van der Waals surface area contributed by atoms with E-state index < -0.39 is 0 Å². The molecule has 2 aromatic carbocycles. The van der Waals surface area contributed by atoms with E-state index in [4.69, 9.17) is 26.8 Å². The molecule has 2 N–H and O–H groups in total. The molecule has 6 heteroatoms. The van der Waals surface area contributed by atoms with Crippen molar-refractivity contribution in [2.45, 2.75) is 18.5 Å². The van der Waals surface area contributed by atoms with Crippen LogP contribution in [-0.4, -0.2) is 37.2 Å². The molecule has 2 heterocycles. The molecule has 0 amide bonds. The van der Waals surface area contributed by atoms with E-state index in [0.29, 0.717) is 29.9 Å². The summed E-state index contributed by atoms with van der Waals surface area (Å²) in [6.07, 6.45) is 0. The smallest absolute Gasteiger partial charge is 0.179 e. The minimum absolute atomic E-state index is 0. The third-order valence-corrected chi connectivity index (χ3v) is 5.01. The van der Waals surface area contributed by atoms with E-state index in [2.05, 4.69) is 29.2 Å². The van der Waals surface area contributed by atoms with Gasteiger partial charge in [0.05, 0.1) is 5.02 Å². The lowest BCUT2D eigenvalue weighted by Crippen LogP contribution is -2.28. The van der Waals surface area contributed by atoms with Crippen molar-refractivity contribution < 1.29 is 9.47 Å². The van der Waals surface area contributed by atoms with E-state index in [1.165, 1.54) is 5.56 Å². The Hall–Kier alpha value is -1.46. The summed E-state index contributed by atoms with van der Waals surface area (Å²) in [5, 5.41) is 0.616. The topological polar surface area (TPSA) is 47.7 Å². The second-order valence-corrected chi connectivity index (χ2v) is 6.88. The maximum Gasteiger partial charge on any atom is 0.179 e. The number of hydrogen-bond donors (Lipinski definition) is 1. The van der Waals surface area contributed by atoms with Gasteiger partial charge in [0.15, 0.2) is 11.5 Å². The highest BCUT2D eigenvalue weighted by Gasteiger charge is 2.31. The first-order valence-corrected chi connectivity index (χ1v) is 8.69. The average molecular weight is 381 g/mol. The highest BCUT2D eigenvalue weighted by molar-refractivity contribution is 6.32. The van der Waals surface area contributed by atoms with Crippen molar-refractivity contribution in [1.29, 1.82) is 0 Å². The Balaban J connectivity index is 0.00000182. The first-order valence-electron chi connectivity index (χ1n) is 8.31. The van der Waals surface area contributed by atoms with E-state index >= 15 is 0 Å². The Morgan fingerprint density at radius 3 is 2.64 bits per heavy atom. The minimum atomic E-state index is 0. The lowest BCUT2D eigenvalue weighted by atomic mass is 9.95. The highest BCUT2D eigenvalue weighted by Crippen LogP contribution is 2.39. The van der Waals surface area contributed by atoms with Crippen molar-refractivity contribution in [1.82, 2.24) is 4.90 Å². The fourth-order valence-corrected chi connectivity index (χ4v) is 3.90. The Morgan fingerprint density at radius 1 is 1.08 bits per heavy atom. The molecule has 1 fully saturated rings. The van der Waals surface area contributed by atoms with Gasteiger partial charge in [0.25, 0.3) is 0 Å². The molecular weight excluding hydrogens is 359 g/mol. The Bertz CT molecular complexity index is 727. The summed E-state index contributed by atoms with van der Waals surface area (Å²) in [5.74, 6) is 1.78. The van der Waals surface area contributed by atoms with E-state index in [9.17, 15) is 0 Å². The van der Waals surface area contributed by atoms with Crippen LogP contribution in [0.4, 0.5) is 0 Å². The highest BCUT2D eigenvalue weighted by atomic mass is 35.5. The molecule has 1 saturated heterocycles. The van der Waals surface area contributed by atoms with Crippen LogP contribution in [0.5, 0.6) is 11.5 Å². The van der Waals surface area contributed by atoms with E-state index in [0.717, 1.165) is 30.9 Å². The molecule has 2 aliphatic heterocycles. The zero-order chi connectivity index (χ0) is 16.5. The molecule has 2 aromatic rings. The molecule has 0 spiro atoms. The number of benzene rings is 2. The number of nitrogens with two attached hydrogens (primary N) is 1. The number of hydrogen-bond acceptors (Lipinski definition) is 4. The van der Waals surface area contributed by atoms with Gasteiger partial charge in [-0.25, -0.2) is 0 Å². The first-order chi connectivity index (χ1) is 11.7. The maximum atomic E-state index is 6.38. The van der Waals surface area contributed by atoms with Gasteiger partial charge < -0.3 is 15.2 Å². The molecule has 2 atom stereocenters. The van der Waals surface area contributed by atoms with Gasteiger partial charge in [-0.3, -0.25) is 4.90 Å². The third kappa shape index (κ3) is 3.87. The predicted molar refractivity (Wildman–Crippen MR) is 102 cm³/mol. The summed E-state index contributed by atoms with van der Waals surface area (Å²) in [4.78, 5) is 2.38. The van der Waals surface area contributed by atoms with Gasteiger partial charge in [-0.15, -0.1) is 12.4 Å². The normalized spacial score (nSPS) is 22.5. The SMILES string of the molecule is Cl.N[C@@H]1CN(Cc2cc(Cl)c3c(c2)OCCO3)C[C@H]1c1ccccc1. The molecule has 0 unspecified atom stereocenters. The van der Waals surface area contributed by atoms with Gasteiger partial charge in [-0.05, 0) is 23.3 Å². The van der Waals surface area contributed by atoms with Crippen molar-refractivity contribution in [2.75, 3.05) is 26.3 Å². The van der Waals surface area contributed by atoms with Crippen LogP contribution in [0.25, 0.3) is 0 Å². The Morgan fingerprint density at radius 2 is 1.84 bits per heavy atom. The zero-order valence-corrected chi connectivity index (χ0v) is 15.4. The van der Waals surface area contributed by atoms with Gasteiger partial charge >= 0.3 is 0 Å². The number of nitrogens with zero attached hydrogens (tertiary/aromatic N) is 1. The zero-order valence-electron chi connectivity index (χ0n) is 13.9. The molecule has 2 aliphatic rings. The molecule has 134 valence electrons. The lowest BCUT2D eigenvalue weighted by Gasteiger charge is -2.22. The van der Waals surface area contributed by atoms with Crippen LogP contribution in [0.15, 0.2) is 42.5 Å². The number of likely N-dealkylation sites (tertiary alicyclic amines) is 1. The van der Waals surface area contributed by atoms with Gasteiger partial charge in [0.1, 0.15) is 13.2 Å². The number of ether oxygens (including phenoxy) is 2. The van der Waals surface area contributed by atoms with Crippen molar-refractivity contribution in [3.05, 3.63) is 58.6 Å². The lowest BCUT2D eigenvalue weighted by molar-refractivity contribution is 0.171. The monoisotopic (exact) mass is 380 g/mol. The van der Waals surface area contributed by atoms with Gasteiger partial charge in [0, 0.05) is 31.6 Å². The number of fused-ring (bicyclic) bond motifs is 1. The molecule has 0 aromatic heterocycles. The number of halogens is 2. The van der Waals surface area contributed by atoms with E-state index in [1.807, 2.05) is 18.2 Å². The summed E-state index contributed by atoms with van der Waals surface area (Å²) in [6, 6.07) is 14.7. The molecule has 0 aliphatic carbocycles. The largest absolute Gasteiger partial charge is 0.486 e. The molecule has 0 bridgehead atoms. The molecule has 25 heavy (non-hydrogen) atoms. The second kappa shape index (κ2) is 7.83. The van der Waals surface area contributed by atoms with Crippen molar-refractivity contribution in [3.8, 4) is 11.5 Å². The van der Waals surface area contributed by atoms with E-state index in [1.54, 1.807) is 0 Å². The molecular formula is C19H22Cl2N2O2. The Labute approximate surface area is 159 Å². The summed E-state index contributed by atoms with van der Waals surface area (Å²) in [5.41, 5.74) is 8.83. The van der Waals surface area contributed by atoms with Crippen LogP contribution in [0.2, 0.25) is 5.02 Å². The van der Waals surface area contributed by atoms with Crippen molar-refractivity contribution >= 4 is 24.0 Å². The van der Waals surface area contributed by atoms with Crippen molar-refractivity contribution in [3.63, 3.8) is 0 Å². The van der Waals surface area contributed by atoms with E-state index in [-0.39, 0.29) is 18.4 Å². The van der Waals surface area contributed by atoms with Crippen LogP contribution in [-0.2, 0) is 6.54 Å². The quantitative estimate of drug-likeness (QED) is 0.885. The first kappa shape index (κ1) is 18.3. The molecule has 0 radical (unpaired) electrons. The second-order valence-electron chi connectivity index (χ2n) is 6.48. The van der Waals surface area contributed by atoms with Gasteiger partial charge in [-0.2, -0.15) is 0 Å². The summed E-state index contributed by atoms with van der Waals surface area (Å²) in [7, 11) is 0. The van der Waals surface area contributed by atoms with Crippen LogP contribution in [0.1, 0.15) is 17.0 Å². The molecule has 4 rings (SSSR count). The maximum absolute atomic E-state index is 6.38. The fraction of sp³-hybridized carbons (Fsp3) is 0.368. The third-order valence-electron chi connectivity index (χ3n) is 4.73. The summed E-state index contributed by atoms with van der Waals surface area (Å²) >= 11 is 6.34. The summed E-state index contributed by atoms with van der Waals surface area (Å²) < 4.78 is 11.2. The average Bonchev–Trinajstić information content (AvgIpc) is 2.96. The van der Waals surface area contributed by atoms with Crippen LogP contribution < -0.4 is 15.2 Å². The number of rotatable bonds is 3. The summed E-state index contributed by atoms with van der Waals surface area (Å²) in [6.45, 7) is 3.76. The van der Waals surface area contributed by atoms with Crippen LogP contribution >= 0.6 is 24.0 Å². The van der Waals surface area contributed by atoms with Gasteiger partial charge in [0.2, 0.25) is 0 Å². The van der Waals surface area contributed by atoms with Crippen LogP contribution in [0, 0.1) is 0 Å².